The second kappa shape index (κ2) is 5.71. The van der Waals surface area contributed by atoms with Crippen molar-refractivity contribution in [3.05, 3.63) is 30.3 Å². The van der Waals surface area contributed by atoms with Crippen molar-refractivity contribution < 1.29 is 8.42 Å². The first-order valence-corrected chi connectivity index (χ1v) is 7.94. The Kier molecular flexibility index (Phi) is 4.24. The highest BCUT2D eigenvalue weighted by Crippen LogP contribution is 2.23. The lowest BCUT2D eigenvalue weighted by Crippen LogP contribution is -2.46. The fourth-order valence-corrected chi connectivity index (χ4v) is 4.29. The quantitative estimate of drug-likeness (QED) is 0.902. The van der Waals surface area contributed by atoms with Crippen LogP contribution in [0.15, 0.2) is 30.3 Å². The largest absolute Gasteiger partial charge is 0.315 e. The number of anilines is 1. The van der Waals surface area contributed by atoms with E-state index in [4.69, 9.17) is 0 Å². The van der Waals surface area contributed by atoms with Crippen molar-refractivity contribution in [3.63, 3.8) is 0 Å². The van der Waals surface area contributed by atoms with Gasteiger partial charge in [-0.2, -0.15) is 0 Å². The van der Waals surface area contributed by atoms with Crippen LogP contribution in [0.3, 0.4) is 0 Å². The number of nitrogens with zero attached hydrogens (tertiary/aromatic N) is 1. The zero-order chi connectivity index (χ0) is 13.0. The lowest BCUT2D eigenvalue weighted by atomic mass is 10.2. The van der Waals surface area contributed by atoms with Gasteiger partial charge in [-0.25, -0.2) is 8.42 Å². The molecule has 2 rings (SSSR count). The molecule has 1 aromatic carbocycles. The van der Waals surface area contributed by atoms with E-state index in [0.29, 0.717) is 13.1 Å². The highest BCUT2D eigenvalue weighted by Gasteiger charge is 2.32. The van der Waals surface area contributed by atoms with Gasteiger partial charge < -0.3 is 5.32 Å². The molecule has 1 aliphatic heterocycles. The van der Waals surface area contributed by atoms with E-state index in [9.17, 15) is 8.42 Å². The molecular weight excluding hydrogens is 248 g/mol. The van der Waals surface area contributed by atoms with Crippen LogP contribution in [0, 0.1) is 0 Å². The van der Waals surface area contributed by atoms with Crippen molar-refractivity contribution in [1.82, 2.24) is 5.32 Å². The molecule has 0 radical (unpaired) electrons. The molecule has 1 N–H and O–H groups in total. The molecule has 0 spiro atoms. The van der Waals surface area contributed by atoms with Crippen LogP contribution in [-0.4, -0.2) is 33.3 Å². The third-order valence-electron chi connectivity index (χ3n) is 3.31. The number of nitrogens with one attached hydrogen (secondary N) is 1. The van der Waals surface area contributed by atoms with Gasteiger partial charge in [-0.3, -0.25) is 4.31 Å². The van der Waals surface area contributed by atoms with Gasteiger partial charge in [-0.05, 0) is 38.4 Å². The lowest BCUT2D eigenvalue weighted by Gasteiger charge is -2.30. The molecule has 0 aliphatic carbocycles. The van der Waals surface area contributed by atoms with Crippen molar-refractivity contribution >= 4 is 15.7 Å². The lowest BCUT2D eigenvalue weighted by molar-refractivity contribution is 0.495. The summed E-state index contributed by atoms with van der Waals surface area (Å²) in [5.41, 5.74) is 0.755. The molecular formula is C13H20N2O2S. The minimum Gasteiger partial charge on any atom is -0.315 e. The van der Waals surface area contributed by atoms with Crippen LogP contribution < -0.4 is 9.62 Å². The molecule has 18 heavy (non-hydrogen) atoms. The first-order valence-electron chi connectivity index (χ1n) is 6.43. The van der Waals surface area contributed by atoms with Gasteiger partial charge in [0.25, 0.3) is 0 Å². The molecule has 1 atom stereocenters. The zero-order valence-electron chi connectivity index (χ0n) is 10.7. The van der Waals surface area contributed by atoms with Crippen LogP contribution in [0.25, 0.3) is 0 Å². The van der Waals surface area contributed by atoms with E-state index in [0.717, 1.165) is 25.1 Å². The summed E-state index contributed by atoms with van der Waals surface area (Å²) in [4.78, 5) is 0. The Hall–Kier alpha value is -1.07. The topological polar surface area (TPSA) is 49.4 Å². The Morgan fingerprint density at radius 3 is 2.61 bits per heavy atom. The monoisotopic (exact) mass is 268 g/mol. The first-order chi connectivity index (χ1) is 8.66. The molecule has 1 unspecified atom stereocenters. The van der Waals surface area contributed by atoms with Crippen molar-refractivity contribution in [2.75, 3.05) is 23.9 Å². The van der Waals surface area contributed by atoms with E-state index in [1.54, 1.807) is 0 Å². The van der Waals surface area contributed by atoms with Gasteiger partial charge in [0.15, 0.2) is 0 Å². The molecule has 1 saturated heterocycles. The Bertz CT molecular complexity index is 467. The minimum absolute atomic E-state index is 0.300. The fraction of sp³-hybridized carbons (Fsp3) is 0.538. The van der Waals surface area contributed by atoms with Crippen LogP contribution in [0.5, 0.6) is 0 Å². The number of hydrogen-bond donors (Lipinski definition) is 1. The molecule has 0 bridgehead atoms. The number of piperidine rings is 1. The van der Waals surface area contributed by atoms with Gasteiger partial charge in [0.2, 0.25) is 10.0 Å². The fourth-order valence-electron chi connectivity index (χ4n) is 2.36. The molecule has 0 aromatic heterocycles. The van der Waals surface area contributed by atoms with E-state index in [1.807, 2.05) is 37.3 Å². The Labute approximate surface area is 109 Å². The smallest absolute Gasteiger partial charge is 0.239 e. The highest BCUT2D eigenvalue weighted by atomic mass is 32.2. The van der Waals surface area contributed by atoms with Gasteiger partial charge in [-0.1, -0.05) is 18.2 Å². The number of para-hydroxylation sites is 1. The molecule has 1 aromatic rings. The summed E-state index contributed by atoms with van der Waals surface area (Å²) in [6.07, 6.45) is 1.68. The van der Waals surface area contributed by atoms with E-state index in [2.05, 4.69) is 5.32 Å². The van der Waals surface area contributed by atoms with E-state index in [1.165, 1.54) is 4.31 Å². The van der Waals surface area contributed by atoms with Crippen molar-refractivity contribution in [1.29, 1.82) is 0 Å². The molecule has 0 saturated carbocycles. The second-order valence-electron chi connectivity index (χ2n) is 4.51. The Morgan fingerprint density at radius 1 is 1.33 bits per heavy atom. The second-order valence-corrected chi connectivity index (χ2v) is 6.65. The average molecular weight is 268 g/mol. The SMILES string of the molecule is CCN(c1ccccc1)S(=O)(=O)C1CCCNC1. The number of rotatable bonds is 4. The van der Waals surface area contributed by atoms with Gasteiger partial charge in [0.1, 0.15) is 0 Å². The van der Waals surface area contributed by atoms with Crippen LogP contribution in [0.1, 0.15) is 19.8 Å². The summed E-state index contributed by atoms with van der Waals surface area (Å²) in [5, 5.41) is 2.87. The summed E-state index contributed by atoms with van der Waals surface area (Å²) < 4.78 is 26.7. The third-order valence-corrected chi connectivity index (χ3v) is 5.64. The maximum absolute atomic E-state index is 12.6. The normalized spacial score (nSPS) is 20.6. The predicted molar refractivity (Wildman–Crippen MR) is 74.3 cm³/mol. The van der Waals surface area contributed by atoms with E-state index in [-0.39, 0.29) is 5.25 Å². The first kappa shape index (κ1) is 13.4. The summed E-state index contributed by atoms with van der Waals surface area (Å²) in [6, 6.07) is 9.32. The highest BCUT2D eigenvalue weighted by molar-refractivity contribution is 7.93. The van der Waals surface area contributed by atoms with Crippen LogP contribution in [-0.2, 0) is 10.0 Å². The molecule has 0 amide bonds. The summed E-state index contributed by atoms with van der Waals surface area (Å²) in [7, 11) is -3.26. The molecule has 5 heteroatoms. The molecule has 1 heterocycles. The van der Waals surface area contributed by atoms with Gasteiger partial charge >= 0.3 is 0 Å². The third kappa shape index (κ3) is 2.67. The number of hydrogen-bond acceptors (Lipinski definition) is 3. The average Bonchev–Trinajstić information content (AvgIpc) is 2.41. The summed E-state index contributed by atoms with van der Waals surface area (Å²) in [5.74, 6) is 0. The summed E-state index contributed by atoms with van der Waals surface area (Å²) >= 11 is 0. The van der Waals surface area contributed by atoms with Gasteiger partial charge in [-0.15, -0.1) is 0 Å². The van der Waals surface area contributed by atoms with Gasteiger partial charge in [0.05, 0.1) is 10.9 Å². The molecule has 100 valence electrons. The minimum atomic E-state index is -3.26. The van der Waals surface area contributed by atoms with Crippen LogP contribution in [0.2, 0.25) is 0 Å². The number of benzene rings is 1. The standard InChI is InChI=1S/C13H20N2O2S/c1-2-15(12-7-4-3-5-8-12)18(16,17)13-9-6-10-14-11-13/h3-5,7-8,13-14H,2,6,9-11H2,1H3. The van der Waals surface area contributed by atoms with E-state index >= 15 is 0 Å². The van der Waals surface area contributed by atoms with Crippen LogP contribution >= 0.6 is 0 Å². The van der Waals surface area contributed by atoms with Crippen molar-refractivity contribution in [2.45, 2.75) is 25.0 Å². The molecule has 1 fully saturated rings. The van der Waals surface area contributed by atoms with Crippen molar-refractivity contribution in [3.8, 4) is 0 Å². The molecule has 1 aliphatic rings. The Balaban J connectivity index is 2.26. The predicted octanol–water partition coefficient (Wildman–Crippen LogP) is 1.59. The van der Waals surface area contributed by atoms with Gasteiger partial charge in [0, 0.05) is 13.1 Å². The summed E-state index contributed by atoms with van der Waals surface area (Å²) in [6.45, 7) is 3.83. The Morgan fingerprint density at radius 2 is 2.06 bits per heavy atom. The van der Waals surface area contributed by atoms with Crippen LogP contribution in [0.4, 0.5) is 5.69 Å². The maximum Gasteiger partial charge on any atom is 0.239 e. The maximum atomic E-state index is 12.6. The number of sulfonamides is 1. The van der Waals surface area contributed by atoms with E-state index < -0.39 is 10.0 Å². The molecule has 4 nitrogen and oxygen atoms in total. The zero-order valence-corrected chi connectivity index (χ0v) is 11.5. The van der Waals surface area contributed by atoms with Crippen molar-refractivity contribution in [2.24, 2.45) is 0 Å².